The number of carbonyl (C=O) groups is 11. The molecule has 22 N–H and O–H groups in total. The third-order valence-electron chi connectivity index (χ3n) is 13.0. The second-order valence-corrected chi connectivity index (χ2v) is 20.7. The van der Waals surface area contributed by atoms with Gasteiger partial charge in [0.15, 0.2) is 12.1 Å². The second kappa shape index (κ2) is 36.2. The van der Waals surface area contributed by atoms with Crippen molar-refractivity contribution in [1.29, 1.82) is 0 Å². The van der Waals surface area contributed by atoms with Crippen molar-refractivity contribution in [3.63, 3.8) is 0 Å². The van der Waals surface area contributed by atoms with E-state index in [1.807, 2.05) is 5.32 Å². The van der Waals surface area contributed by atoms with Crippen LogP contribution < -0.4 is 70.8 Å². The number of carboxylic acids is 1. The van der Waals surface area contributed by atoms with Crippen molar-refractivity contribution >= 4 is 71.2 Å². The highest BCUT2D eigenvalue weighted by atomic mass is 16.5. The second-order valence-electron chi connectivity index (χ2n) is 20.7. The number of aliphatic hydroxyl groups excluding tert-OH is 4. The molecule has 1 aromatic carbocycles. The molecule has 0 fully saturated rings. The molecule has 13 atom stereocenters. The van der Waals surface area contributed by atoms with E-state index in [0.29, 0.717) is 11.1 Å². The molecule has 1 aromatic heterocycles. The highest BCUT2D eigenvalue weighted by Gasteiger charge is 2.40. The molecule has 32 heteroatoms. The largest absolute Gasteiger partial charge is 0.480 e. The van der Waals surface area contributed by atoms with Gasteiger partial charge in [0, 0.05) is 18.9 Å². The number of rotatable bonds is 36. The third-order valence-corrected chi connectivity index (χ3v) is 13.0. The number of hydrogen-bond donors (Lipinski definition) is 18. The number of nitrogens with two attached hydrogens (primary N) is 4. The Morgan fingerprint density at radius 1 is 0.647 bits per heavy atom. The molecule has 0 saturated carbocycles. The van der Waals surface area contributed by atoms with E-state index in [9.17, 15) is 78.3 Å². The topological polar surface area (TPSA) is 536 Å². The highest BCUT2D eigenvalue weighted by Crippen LogP contribution is 2.17. The predicted molar refractivity (Wildman–Crippen MR) is 303 cm³/mol. The fourth-order valence-corrected chi connectivity index (χ4v) is 7.92. The van der Waals surface area contributed by atoms with Crippen LogP contribution in [0.3, 0.4) is 0 Å². The summed E-state index contributed by atoms with van der Waals surface area (Å²) in [7, 11) is 0. The minimum absolute atomic E-state index is 0.0411. The van der Waals surface area contributed by atoms with Gasteiger partial charge in [-0.15, -0.1) is 0 Å². The number of aromatic nitrogens is 1. The zero-order valence-electron chi connectivity index (χ0n) is 48.4. The number of nitrogens with one attached hydrogen (secondary N) is 9. The lowest BCUT2D eigenvalue weighted by molar-refractivity contribution is -0.145. The molecule has 0 aliphatic carbocycles. The zero-order chi connectivity index (χ0) is 64.2. The van der Waals surface area contributed by atoms with Gasteiger partial charge in [-0.1, -0.05) is 84.4 Å². The number of primary amides is 1. The Labute approximate surface area is 490 Å². The van der Waals surface area contributed by atoms with Crippen LogP contribution in [0.15, 0.2) is 59.9 Å². The number of ether oxygens (including phenoxy) is 1. The maximum Gasteiger partial charge on any atom is 0.408 e. The highest BCUT2D eigenvalue weighted by molar-refractivity contribution is 5.99. The summed E-state index contributed by atoms with van der Waals surface area (Å²) in [4.78, 5) is 155. The van der Waals surface area contributed by atoms with Crippen molar-refractivity contribution < 1.29 is 83.0 Å². The minimum atomic E-state index is -2.43. The number of alkyl carbamates (subject to hydrolysis) is 1. The molecule has 2 aromatic rings. The first-order chi connectivity index (χ1) is 39.9. The standard InChI is InChI=1S/C53H83N15O17/c1-8-27(6)36(47(78)66-37(28(7)70)46(77)60-22-34(71)64-40(42(73)43(55)74)50(81)63-33(23-69)51(82)83)65-44(75)31(17-13-19-59-52(56)57)61-45(76)32(20-25(2)3)62-49(80)39(41(72)26(4)5)67-48(79)38(35(54)30-16-12-18-58-21-30)68-53(84)85-24-29-14-10-9-11-15-29/h9-12,14-16,18,21,25-28,31-33,35-42,69-70,72-73H,8,13,17,19-20,22-24,54H2,1-7H3,(H2,55,74)(H,60,77)(H,61,76)(H,62,80)(H,63,81)(H,64,71)(H,65,75)(H,66,78)(H,67,79)(H,68,84)(H,82,83)(H4,56,57,59)/t27-,28-,31+,32-,33-,35+,36-,37-,38-,39?,40?,41+,42-/m0/s1. The van der Waals surface area contributed by atoms with Gasteiger partial charge in [-0.25, -0.2) is 9.59 Å². The molecule has 2 unspecified atom stereocenters. The van der Waals surface area contributed by atoms with Gasteiger partial charge in [0.1, 0.15) is 54.9 Å². The summed E-state index contributed by atoms with van der Waals surface area (Å²) < 4.78 is 5.36. The van der Waals surface area contributed by atoms with Crippen molar-refractivity contribution in [3.8, 4) is 0 Å². The molecule has 0 saturated heterocycles. The number of guanidine groups is 1. The number of amides is 10. The fraction of sp³-hybridized carbons (Fsp3) is 0.566. The number of pyridine rings is 1. The maximum atomic E-state index is 14.4. The van der Waals surface area contributed by atoms with E-state index in [1.165, 1.54) is 12.4 Å². The Balaban J connectivity index is 2.44. The third kappa shape index (κ3) is 24.6. The van der Waals surface area contributed by atoms with Crippen molar-refractivity contribution in [2.45, 2.75) is 153 Å². The van der Waals surface area contributed by atoms with Crippen LogP contribution in [0, 0.1) is 17.8 Å². The molecule has 0 aliphatic rings. The average Bonchev–Trinajstić information content (AvgIpc) is 3.57. The van der Waals surface area contributed by atoms with Crippen LogP contribution in [0.25, 0.3) is 0 Å². The smallest absolute Gasteiger partial charge is 0.408 e. The summed E-state index contributed by atoms with van der Waals surface area (Å²) in [5.41, 5.74) is 23.6. The molecule has 472 valence electrons. The molecule has 0 aliphatic heterocycles. The van der Waals surface area contributed by atoms with Gasteiger partial charge in [-0.2, -0.15) is 0 Å². The van der Waals surface area contributed by atoms with E-state index in [2.05, 4.69) is 47.2 Å². The quantitative estimate of drug-likeness (QED) is 0.0172. The Hall–Kier alpha value is -8.59. The minimum Gasteiger partial charge on any atom is -0.480 e. The van der Waals surface area contributed by atoms with E-state index in [4.69, 9.17) is 27.7 Å². The number of nitrogens with zero attached hydrogens (tertiary/aromatic N) is 2. The fourth-order valence-electron chi connectivity index (χ4n) is 7.92. The molecule has 10 amide bonds. The molecule has 2 rings (SSSR count). The monoisotopic (exact) mass is 1200 g/mol. The van der Waals surface area contributed by atoms with Crippen LogP contribution in [0.2, 0.25) is 0 Å². The first-order valence-electron chi connectivity index (χ1n) is 27.2. The number of hydrogen-bond acceptors (Lipinski definition) is 19. The molecule has 0 bridgehead atoms. The number of aliphatic imine (C=N–C) groups is 1. The van der Waals surface area contributed by atoms with Gasteiger partial charge in [0.05, 0.1) is 31.4 Å². The number of benzene rings is 1. The Morgan fingerprint density at radius 2 is 1.21 bits per heavy atom. The summed E-state index contributed by atoms with van der Waals surface area (Å²) in [5.74, 6) is -14.2. The van der Waals surface area contributed by atoms with Crippen LogP contribution in [-0.2, 0) is 59.3 Å². The molecule has 85 heavy (non-hydrogen) atoms. The van der Waals surface area contributed by atoms with Crippen molar-refractivity contribution in [2.75, 3.05) is 19.7 Å². The molecule has 0 spiro atoms. The van der Waals surface area contributed by atoms with E-state index < -0.39 is 163 Å². The number of aliphatic carboxylic acids is 1. The summed E-state index contributed by atoms with van der Waals surface area (Å²) in [6.45, 7) is 8.49. The van der Waals surface area contributed by atoms with Crippen molar-refractivity contribution in [2.24, 2.45) is 45.7 Å². The molecular formula is C53H83N15O17. The lowest BCUT2D eigenvalue weighted by Crippen LogP contribution is -2.63. The van der Waals surface area contributed by atoms with Gasteiger partial charge in [0.25, 0.3) is 0 Å². The summed E-state index contributed by atoms with van der Waals surface area (Å²) in [6, 6.07) is -3.43. The SMILES string of the molecule is CC[C@H](C)[C@H](NC(=O)[C@@H](CCCN=C(N)N)NC(=O)[C@H](CC(C)C)NC(=O)C(NC(=O)[C@@H](NC(=O)OCc1ccccc1)[C@H](N)c1cccnc1)[C@H](O)C(C)C)C(=O)N[C@H](C(=O)NCC(=O)NC(C(=O)N[C@@H](CO)C(=O)O)[C@H](O)C(N)=O)[C@H](C)O. The van der Waals surface area contributed by atoms with Crippen LogP contribution in [0.4, 0.5) is 4.79 Å². The van der Waals surface area contributed by atoms with Gasteiger partial charge in [0.2, 0.25) is 53.2 Å². The van der Waals surface area contributed by atoms with E-state index in [0.717, 1.165) is 6.92 Å². The first-order valence-corrected chi connectivity index (χ1v) is 27.2. The number of aliphatic hydroxyl groups is 4. The predicted octanol–water partition coefficient (Wildman–Crippen LogP) is -5.65. The van der Waals surface area contributed by atoms with Crippen LogP contribution in [-0.4, -0.2) is 188 Å². The van der Waals surface area contributed by atoms with Crippen molar-refractivity contribution in [3.05, 3.63) is 66.0 Å². The average molecular weight is 1200 g/mol. The lowest BCUT2D eigenvalue weighted by atomic mass is 9.95. The van der Waals surface area contributed by atoms with Crippen molar-refractivity contribution in [1.82, 2.24) is 52.8 Å². The summed E-state index contributed by atoms with van der Waals surface area (Å²) in [6.07, 6.45) is -3.95. The van der Waals surface area contributed by atoms with E-state index in [-0.39, 0.29) is 50.7 Å². The molecule has 32 nitrogen and oxygen atoms in total. The Bertz CT molecular complexity index is 2590. The first kappa shape index (κ1) is 72.5. The zero-order valence-corrected chi connectivity index (χ0v) is 48.4. The Morgan fingerprint density at radius 3 is 1.75 bits per heavy atom. The van der Waals surface area contributed by atoms with Crippen LogP contribution >= 0.6 is 0 Å². The molecular weight excluding hydrogens is 1120 g/mol. The van der Waals surface area contributed by atoms with Gasteiger partial charge in [-0.05, 0) is 61.1 Å². The molecule has 0 radical (unpaired) electrons. The summed E-state index contributed by atoms with van der Waals surface area (Å²) in [5, 5.41) is 71.6. The van der Waals surface area contributed by atoms with Gasteiger partial charge < -0.3 is 101 Å². The number of carbonyl (C=O) groups excluding carboxylic acids is 10. The summed E-state index contributed by atoms with van der Waals surface area (Å²) >= 11 is 0. The normalized spacial score (nSPS) is 15.7. The number of carboxylic acid groups (broad SMARTS) is 1. The maximum absolute atomic E-state index is 14.4. The van der Waals surface area contributed by atoms with Gasteiger partial charge >= 0.3 is 12.1 Å². The van der Waals surface area contributed by atoms with E-state index in [1.54, 1.807) is 89.3 Å². The Kier molecular flexibility index (Phi) is 30.9. The van der Waals surface area contributed by atoms with Crippen LogP contribution in [0.5, 0.6) is 0 Å². The molecule has 1 heterocycles. The van der Waals surface area contributed by atoms with E-state index >= 15 is 0 Å². The van der Waals surface area contributed by atoms with Gasteiger partial charge in [-0.3, -0.25) is 53.1 Å². The van der Waals surface area contributed by atoms with Crippen LogP contribution in [0.1, 0.15) is 91.3 Å². The lowest BCUT2D eigenvalue weighted by Gasteiger charge is -2.32.